The summed E-state index contributed by atoms with van der Waals surface area (Å²) in [7, 11) is -5.09. The maximum absolute atomic E-state index is 13.1. The Labute approximate surface area is 442 Å². The van der Waals surface area contributed by atoms with Crippen molar-refractivity contribution in [3.05, 3.63) is 12.2 Å². The Bertz CT molecular complexity index is 1320. The number of allylic oxidation sites excluding steroid dienone is 1. The van der Waals surface area contributed by atoms with Crippen molar-refractivity contribution in [3.63, 3.8) is 0 Å². The quantitative estimate of drug-likeness (QED) is 0.0193. The van der Waals surface area contributed by atoms with Gasteiger partial charge in [-0.1, -0.05) is 289 Å². The van der Waals surface area contributed by atoms with Gasteiger partial charge in [-0.25, -0.2) is 4.18 Å². The highest BCUT2D eigenvalue weighted by Crippen LogP contribution is 2.26. The summed E-state index contributed by atoms with van der Waals surface area (Å²) in [4.78, 5) is 13.1. The number of hydrogen-bond acceptors (Lipinski definition) is 10. The van der Waals surface area contributed by atoms with Crippen LogP contribution in [0.5, 0.6) is 0 Å². The van der Waals surface area contributed by atoms with Crippen molar-refractivity contribution in [3.8, 4) is 0 Å². The molecule has 0 saturated carbocycles. The average Bonchev–Trinajstić information content (AvgIpc) is 3.36. The summed E-state index contributed by atoms with van der Waals surface area (Å²) in [6, 6.07) is -0.940. The minimum absolute atomic E-state index is 0.255. The van der Waals surface area contributed by atoms with Gasteiger partial charge in [0.2, 0.25) is 5.91 Å². The molecule has 0 aromatic rings. The van der Waals surface area contributed by atoms with Crippen LogP contribution >= 0.6 is 0 Å². The largest absolute Gasteiger partial charge is 0.397 e. The third-order valence-electron chi connectivity index (χ3n) is 14.8. The van der Waals surface area contributed by atoms with E-state index in [4.69, 9.17) is 9.47 Å². The number of unbranched alkanes of at least 4 members (excludes halogenated alkanes) is 42. The lowest BCUT2D eigenvalue weighted by Crippen LogP contribution is -2.61. The first kappa shape index (κ1) is 68.9. The molecular formula is C59H115NO11S. The number of carbonyl (C=O) groups excluding carboxylic acids is 1. The molecule has 1 rings (SSSR count). The molecule has 13 heteroatoms. The molecule has 1 aliphatic heterocycles. The monoisotopic (exact) mass is 1050 g/mol. The Kier molecular flexibility index (Phi) is 47.3. The molecule has 1 heterocycles. The first-order valence-electron chi connectivity index (χ1n) is 30.6. The normalized spacial score (nSPS) is 19.3. The Morgan fingerprint density at radius 2 is 0.875 bits per heavy atom. The molecule has 1 saturated heterocycles. The lowest BCUT2D eigenvalue weighted by molar-refractivity contribution is -0.298. The predicted molar refractivity (Wildman–Crippen MR) is 296 cm³/mol. The van der Waals surface area contributed by atoms with Gasteiger partial charge in [0.05, 0.1) is 25.4 Å². The van der Waals surface area contributed by atoms with Crippen LogP contribution in [0.1, 0.15) is 303 Å². The van der Waals surface area contributed by atoms with Crippen LogP contribution in [-0.2, 0) is 28.9 Å². The molecule has 0 radical (unpaired) electrons. The van der Waals surface area contributed by atoms with Crippen molar-refractivity contribution in [1.82, 2.24) is 5.32 Å². The fraction of sp³-hybridized carbons (Fsp3) is 0.949. The maximum Gasteiger partial charge on any atom is 0.397 e. The predicted octanol–water partition coefficient (Wildman–Crippen LogP) is 14.6. The van der Waals surface area contributed by atoms with Crippen LogP contribution in [0, 0.1) is 0 Å². The molecule has 72 heavy (non-hydrogen) atoms. The summed E-state index contributed by atoms with van der Waals surface area (Å²) in [6.07, 6.45) is 51.2. The summed E-state index contributed by atoms with van der Waals surface area (Å²) in [5, 5.41) is 45.0. The topological polar surface area (TPSA) is 192 Å². The summed E-state index contributed by atoms with van der Waals surface area (Å²) < 4.78 is 47.9. The molecule has 6 N–H and O–H groups in total. The molecule has 0 bridgehead atoms. The highest BCUT2D eigenvalue weighted by molar-refractivity contribution is 7.80. The van der Waals surface area contributed by atoms with Crippen LogP contribution in [0.2, 0.25) is 0 Å². The standard InChI is InChI=1S/C59H115NO11S/c1-3-5-7-9-11-13-15-17-19-21-23-25-26-27-29-31-33-35-37-39-41-43-45-47-49-55(63)60-52(51-69-59-57(65)58(71-72(66,67)68)56(64)54(50-61)70-59)53(62)48-46-44-42-40-38-36-34-32-30-28-24-22-20-18-16-14-12-10-8-6-4-2/h46,48,52-54,56-59,61-62,64-65H,3-45,47,49-51H2,1-2H3,(H,60,63)(H,66,67,68)/b48-46+. The zero-order valence-corrected chi connectivity index (χ0v) is 47.3. The first-order valence-corrected chi connectivity index (χ1v) is 31.9. The van der Waals surface area contributed by atoms with E-state index < -0.39 is 59.9 Å². The van der Waals surface area contributed by atoms with Gasteiger partial charge in [0.1, 0.15) is 24.4 Å². The van der Waals surface area contributed by atoms with Crippen molar-refractivity contribution in [2.45, 2.75) is 346 Å². The van der Waals surface area contributed by atoms with Crippen LogP contribution in [0.3, 0.4) is 0 Å². The van der Waals surface area contributed by atoms with Crippen molar-refractivity contribution in [2.24, 2.45) is 0 Å². The lowest BCUT2D eigenvalue weighted by atomic mass is 9.99. The molecule has 7 unspecified atom stereocenters. The van der Waals surface area contributed by atoms with Crippen molar-refractivity contribution in [1.29, 1.82) is 0 Å². The molecule has 0 aliphatic carbocycles. The molecule has 1 aliphatic rings. The van der Waals surface area contributed by atoms with Gasteiger partial charge in [-0.2, -0.15) is 8.42 Å². The van der Waals surface area contributed by atoms with Crippen LogP contribution in [0.4, 0.5) is 0 Å². The third kappa shape index (κ3) is 41.1. The van der Waals surface area contributed by atoms with E-state index in [0.29, 0.717) is 6.42 Å². The Morgan fingerprint density at radius 1 is 0.542 bits per heavy atom. The SMILES string of the molecule is CCCCCCCCCCCCCCCCCCCCC/C=C/C(O)C(COC1OC(CO)C(O)C(OS(=O)(=O)O)C1O)NC(=O)CCCCCCCCCCCCCCCCCCCCCCCCCC. The van der Waals surface area contributed by atoms with Gasteiger partial charge in [0.15, 0.2) is 6.29 Å². The van der Waals surface area contributed by atoms with Gasteiger partial charge in [-0.05, 0) is 19.3 Å². The Balaban J connectivity index is 2.33. The number of aliphatic hydroxyl groups is 4. The van der Waals surface area contributed by atoms with Gasteiger partial charge in [-0.15, -0.1) is 0 Å². The van der Waals surface area contributed by atoms with E-state index in [0.717, 1.165) is 38.5 Å². The second-order valence-electron chi connectivity index (χ2n) is 21.7. The van der Waals surface area contributed by atoms with E-state index in [1.165, 1.54) is 238 Å². The second kappa shape index (κ2) is 49.4. The maximum atomic E-state index is 13.1. The van der Waals surface area contributed by atoms with Gasteiger partial charge >= 0.3 is 10.4 Å². The highest BCUT2D eigenvalue weighted by Gasteiger charge is 2.48. The number of aliphatic hydroxyl groups excluding tert-OH is 4. The molecule has 0 aromatic heterocycles. The van der Waals surface area contributed by atoms with Gasteiger partial charge in [0, 0.05) is 6.42 Å². The van der Waals surface area contributed by atoms with E-state index >= 15 is 0 Å². The zero-order valence-electron chi connectivity index (χ0n) is 46.5. The molecule has 1 fully saturated rings. The smallest absolute Gasteiger partial charge is 0.394 e. The van der Waals surface area contributed by atoms with E-state index in [1.807, 2.05) is 6.08 Å². The lowest BCUT2D eigenvalue weighted by Gasteiger charge is -2.41. The summed E-state index contributed by atoms with van der Waals surface area (Å²) in [5.41, 5.74) is 0. The molecule has 1 amide bonds. The second-order valence-corrected chi connectivity index (χ2v) is 22.7. The van der Waals surface area contributed by atoms with Gasteiger partial charge in [0.25, 0.3) is 0 Å². The molecule has 428 valence electrons. The number of nitrogens with one attached hydrogen (secondary N) is 1. The highest BCUT2D eigenvalue weighted by atomic mass is 32.3. The fourth-order valence-electron chi connectivity index (χ4n) is 10.1. The molecular weight excluding hydrogens is 931 g/mol. The van der Waals surface area contributed by atoms with Crippen LogP contribution in [0.25, 0.3) is 0 Å². The van der Waals surface area contributed by atoms with Crippen LogP contribution in [-0.4, -0.2) is 95.4 Å². The van der Waals surface area contributed by atoms with Crippen molar-refractivity contribution in [2.75, 3.05) is 13.2 Å². The van der Waals surface area contributed by atoms with Crippen LogP contribution in [0.15, 0.2) is 12.2 Å². The van der Waals surface area contributed by atoms with Crippen molar-refractivity contribution < 1.29 is 51.8 Å². The number of ether oxygens (including phenoxy) is 2. The molecule has 0 aromatic carbocycles. The number of amides is 1. The molecule has 7 atom stereocenters. The minimum atomic E-state index is -5.09. The molecule has 0 spiro atoms. The van der Waals surface area contributed by atoms with Gasteiger partial charge in [-0.3, -0.25) is 9.35 Å². The molecule has 12 nitrogen and oxygen atoms in total. The van der Waals surface area contributed by atoms with Crippen LogP contribution < -0.4 is 5.32 Å². The van der Waals surface area contributed by atoms with Gasteiger partial charge < -0.3 is 35.2 Å². The van der Waals surface area contributed by atoms with E-state index in [1.54, 1.807) is 6.08 Å². The zero-order chi connectivity index (χ0) is 52.6. The third-order valence-corrected chi connectivity index (χ3v) is 15.3. The Hall–Kier alpha value is -1.16. The number of carbonyl (C=O) groups is 1. The number of hydrogen-bond donors (Lipinski definition) is 6. The summed E-state index contributed by atoms with van der Waals surface area (Å²) >= 11 is 0. The van der Waals surface area contributed by atoms with E-state index in [2.05, 4.69) is 23.3 Å². The van der Waals surface area contributed by atoms with E-state index in [-0.39, 0.29) is 18.9 Å². The first-order chi connectivity index (χ1) is 35.0. The summed E-state index contributed by atoms with van der Waals surface area (Å²) in [6.45, 7) is 3.45. The van der Waals surface area contributed by atoms with E-state index in [9.17, 15) is 38.2 Å². The Morgan fingerprint density at radius 3 is 1.21 bits per heavy atom. The average molecular weight is 1050 g/mol. The minimum Gasteiger partial charge on any atom is -0.394 e. The fourth-order valence-corrected chi connectivity index (χ4v) is 10.6. The summed E-state index contributed by atoms with van der Waals surface area (Å²) in [5.74, 6) is -0.255. The number of rotatable bonds is 54. The van der Waals surface area contributed by atoms with Crippen molar-refractivity contribution >= 4 is 16.3 Å².